The molecule has 0 saturated heterocycles. The van der Waals surface area contributed by atoms with E-state index in [1.807, 2.05) is 0 Å². The average molecular weight is 349 g/mol. The summed E-state index contributed by atoms with van der Waals surface area (Å²) in [4.78, 5) is 0. The molecule has 122 valence electrons. The minimum atomic E-state index is -2.26. The maximum Gasteiger partial charge on any atom is 0.242 e. The molecule has 0 aromatic heterocycles. The third-order valence-electron chi connectivity index (χ3n) is 4.58. The molecule has 0 aliphatic rings. The summed E-state index contributed by atoms with van der Waals surface area (Å²) < 4.78 is 7.06. The second-order valence-electron chi connectivity index (χ2n) is 6.74. The van der Waals surface area contributed by atoms with Crippen LogP contribution < -0.4 is 15.6 Å². The van der Waals surface area contributed by atoms with Crippen molar-refractivity contribution in [3.8, 4) is 0 Å². The first-order valence-corrected chi connectivity index (χ1v) is 13.7. The molecule has 3 rings (SSSR count). The molecule has 0 radical (unpaired) electrons. The molecule has 0 atom stereocenters. The summed E-state index contributed by atoms with van der Waals surface area (Å²) >= 11 is 0. The Hall–Kier alpha value is -1.95. The predicted octanol–water partition coefficient (Wildman–Crippen LogP) is 3.51. The standard InChI is InChI=1S/C21H24OSi2/c1-23(2,19-13-7-4-8-14-19)22-24(3,20-15-9-5-10-16-20)21-17-11-6-12-18-21/h4-18H,1-3H3. The fourth-order valence-electron chi connectivity index (χ4n) is 3.21. The van der Waals surface area contributed by atoms with Crippen molar-refractivity contribution in [3.63, 3.8) is 0 Å². The van der Waals surface area contributed by atoms with Crippen molar-refractivity contribution in [2.24, 2.45) is 0 Å². The van der Waals surface area contributed by atoms with Gasteiger partial charge >= 0.3 is 0 Å². The Bertz CT molecular complexity index is 731. The number of rotatable bonds is 5. The molecule has 0 heterocycles. The third-order valence-corrected chi connectivity index (χ3v) is 12.8. The number of hydrogen-bond donors (Lipinski definition) is 0. The van der Waals surface area contributed by atoms with Crippen LogP contribution in [0.3, 0.4) is 0 Å². The fourth-order valence-corrected chi connectivity index (χ4v) is 11.7. The van der Waals surface area contributed by atoms with Crippen molar-refractivity contribution in [2.45, 2.75) is 19.6 Å². The van der Waals surface area contributed by atoms with Crippen molar-refractivity contribution in [1.29, 1.82) is 0 Å². The topological polar surface area (TPSA) is 9.23 Å². The second kappa shape index (κ2) is 6.89. The fraction of sp³-hybridized carbons (Fsp3) is 0.143. The molecule has 0 aliphatic heterocycles. The summed E-state index contributed by atoms with van der Waals surface area (Å²) in [5, 5.41) is 4.00. The van der Waals surface area contributed by atoms with E-state index in [2.05, 4.69) is 111 Å². The van der Waals surface area contributed by atoms with Gasteiger partial charge in [-0.2, -0.15) is 0 Å². The van der Waals surface area contributed by atoms with E-state index in [1.54, 1.807) is 0 Å². The maximum atomic E-state index is 7.06. The van der Waals surface area contributed by atoms with E-state index < -0.39 is 16.6 Å². The molecule has 0 saturated carbocycles. The lowest BCUT2D eigenvalue weighted by atomic mass is 10.4. The van der Waals surface area contributed by atoms with Crippen LogP contribution in [-0.4, -0.2) is 16.6 Å². The predicted molar refractivity (Wildman–Crippen MR) is 108 cm³/mol. The van der Waals surface area contributed by atoms with Crippen LogP contribution in [0.4, 0.5) is 0 Å². The Morgan fingerprint density at radius 2 is 0.833 bits per heavy atom. The van der Waals surface area contributed by atoms with E-state index in [0.29, 0.717) is 0 Å². The lowest BCUT2D eigenvalue weighted by molar-refractivity contribution is 0.580. The van der Waals surface area contributed by atoms with Crippen LogP contribution in [-0.2, 0) is 4.12 Å². The van der Waals surface area contributed by atoms with Gasteiger partial charge in [-0.1, -0.05) is 91.0 Å². The molecule has 0 unspecified atom stereocenters. The highest BCUT2D eigenvalue weighted by Gasteiger charge is 2.40. The Morgan fingerprint density at radius 1 is 0.500 bits per heavy atom. The van der Waals surface area contributed by atoms with Gasteiger partial charge < -0.3 is 4.12 Å². The first kappa shape index (κ1) is 16.9. The molecular formula is C21H24OSi2. The van der Waals surface area contributed by atoms with Crippen molar-refractivity contribution >= 4 is 32.2 Å². The van der Waals surface area contributed by atoms with Crippen LogP contribution >= 0.6 is 0 Å². The Morgan fingerprint density at radius 3 is 1.21 bits per heavy atom. The number of hydrogen-bond acceptors (Lipinski definition) is 1. The average Bonchev–Trinajstić information content (AvgIpc) is 2.63. The van der Waals surface area contributed by atoms with E-state index >= 15 is 0 Å². The summed E-state index contributed by atoms with van der Waals surface area (Å²) in [6.07, 6.45) is 0. The van der Waals surface area contributed by atoms with Gasteiger partial charge in [0.05, 0.1) is 0 Å². The molecule has 0 fully saturated rings. The van der Waals surface area contributed by atoms with Crippen LogP contribution in [0.15, 0.2) is 91.0 Å². The largest absolute Gasteiger partial charge is 0.445 e. The second-order valence-corrected chi connectivity index (χ2v) is 14.4. The molecule has 24 heavy (non-hydrogen) atoms. The van der Waals surface area contributed by atoms with Gasteiger partial charge in [-0.25, -0.2) is 0 Å². The first-order chi connectivity index (χ1) is 11.5. The minimum absolute atomic E-state index is 1.33. The van der Waals surface area contributed by atoms with E-state index in [4.69, 9.17) is 4.12 Å². The normalized spacial score (nSPS) is 12.1. The lowest BCUT2D eigenvalue weighted by Crippen LogP contribution is -2.65. The van der Waals surface area contributed by atoms with E-state index in [1.165, 1.54) is 15.6 Å². The summed E-state index contributed by atoms with van der Waals surface area (Å²) in [7, 11) is -4.28. The summed E-state index contributed by atoms with van der Waals surface area (Å²) in [5.74, 6) is 0. The first-order valence-electron chi connectivity index (χ1n) is 8.39. The van der Waals surface area contributed by atoms with Crippen LogP contribution in [0, 0.1) is 0 Å². The highest BCUT2D eigenvalue weighted by Crippen LogP contribution is 2.16. The highest BCUT2D eigenvalue weighted by atomic mass is 28.4. The molecule has 1 nitrogen and oxygen atoms in total. The quantitative estimate of drug-likeness (QED) is 0.641. The molecule has 0 aliphatic carbocycles. The van der Waals surface area contributed by atoms with Crippen LogP contribution in [0.2, 0.25) is 19.6 Å². The summed E-state index contributed by atoms with van der Waals surface area (Å²) in [6.45, 7) is 6.94. The van der Waals surface area contributed by atoms with Crippen LogP contribution in [0.1, 0.15) is 0 Å². The van der Waals surface area contributed by atoms with Gasteiger partial charge in [-0.15, -0.1) is 0 Å². The van der Waals surface area contributed by atoms with Gasteiger partial charge in [0.25, 0.3) is 0 Å². The van der Waals surface area contributed by atoms with Gasteiger partial charge in [0, 0.05) is 0 Å². The van der Waals surface area contributed by atoms with Gasteiger partial charge in [0.15, 0.2) is 0 Å². The highest BCUT2D eigenvalue weighted by molar-refractivity contribution is 7.03. The van der Waals surface area contributed by atoms with Gasteiger partial charge in [0.2, 0.25) is 16.6 Å². The number of benzene rings is 3. The molecule has 3 aromatic rings. The molecule has 0 N–H and O–H groups in total. The maximum absolute atomic E-state index is 7.06. The smallest absolute Gasteiger partial charge is 0.242 e. The molecule has 0 bridgehead atoms. The molecule has 3 heteroatoms. The Kier molecular flexibility index (Phi) is 4.85. The SMILES string of the molecule is C[Si](C)(O[Si](C)(c1ccccc1)c1ccccc1)c1ccccc1. The van der Waals surface area contributed by atoms with Crippen LogP contribution in [0.25, 0.3) is 0 Å². The minimum Gasteiger partial charge on any atom is -0.445 e. The van der Waals surface area contributed by atoms with Gasteiger partial charge in [-0.3, -0.25) is 0 Å². The van der Waals surface area contributed by atoms with E-state index in [9.17, 15) is 0 Å². The molecular weight excluding hydrogens is 324 g/mol. The lowest BCUT2D eigenvalue weighted by Gasteiger charge is -2.37. The van der Waals surface area contributed by atoms with E-state index in [0.717, 1.165) is 0 Å². The zero-order chi connectivity index (χ0) is 17.0. The molecule has 0 spiro atoms. The van der Waals surface area contributed by atoms with Crippen molar-refractivity contribution in [1.82, 2.24) is 0 Å². The van der Waals surface area contributed by atoms with Crippen molar-refractivity contribution in [2.75, 3.05) is 0 Å². The molecule has 3 aromatic carbocycles. The zero-order valence-electron chi connectivity index (χ0n) is 14.6. The third kappa shape index (κ3) is 3.43. The van der Waals surface area contributed by atoms with Crippen LogP contribution in [0.5, 0.6) is 0 Å². The van der Waals surface area contributed by atoms with E-state index in [-0.39, 0.29) is 0 Å². The Balaban J connectivity index is 2.06. The molecule has 0 amide bonds. The summed E-state index contributed by atoms with van der Waals surface area (Å²) in [6, 6.07) is 32.2. The van der Waals surface area contributed by atoms with Crippen molar-refractivity contribution in [3.05, 3.63) is 91.0 Å². The van der Waals surface area contributed by atoms with Gasteiger partial charge in [0.1, 0.15) is 0 Å². The van der Waals surface area contributed by atoms with Crippen molar-refractivity contribution < 1.29 is 4.12 Å². The Labute approximate surface area is 147 Å². The summed E-state index contributed by atoms with van der Waals surface area (Å²) in [5.41, 5.74) is 0. The monoisotopic (exact) mass is 348 g/mol. The zero-order valence-corrected chi connectivity index (χ0v) is 16.6. The van der Waals surface area contributed by atoms with Gasteiger partial charge in [-0.05, 0) is 35.2 Å².